The summed E-state index contributed by atoms with van der Waals surface area (Å²) in [4.78, 5) is 3.91. The number of halogens is 5. The third-order valence-corrected chi connectivity index (χ3v) is 3.52. The number of para-hydroxylation sites is 1. The fraction of sp³-hybridized carbons (Fsp3) is 0.100. The Morgan fingerprint density at radius 1 is 1.29 bits per heavy atom. The van der Waals surface area contributed by atoms with Gasteiger partial charge in [-0.25, -0.2) is 0 Å². The third kappa shape index (κ3) is 2.74. The molecule has 0 spiro atoms. The van der Waals surface area contributed by atoms with Crippen molar-refractivity contribution in [2.24, 2.45) is 0 Å². The molecule has 2 rings (SSSR count). The summed E-state index contributed by atoms with van der Waals surface area (Å²) in [7, 11) is 0. The van der Waals surface area contributed by atoms with Crippen molar-refractivity contribution in [2.75, 3.05) is 0 Å². The lowest BCUT2D eigenvalue weighted by molar-refractivity contribution is -0.274. The molecule has 0 saturated carbocycles. The van der Waals surface area contributed by atoms with Crippen molar-refractivity contribution in [3.8, 4) is 5.75 Å². The summed E-state index contributed by atoms with van der Waals surface area (Å²) in [5.41, 5.74) is 0.0928. The van der Waals surface area contributed by atoms with Crippen LogP contribution in [0.25, 0.3) is 10.9 Å². The molecule has 0 unspecified atom stereocenters. The Kier molecular flexibility index (Phi) is 3.35. The topological polar surface area (TPSA) is 22.1 Å². The lowest BCUT2D eigenvalue weighted by atomic mass is 10.2. The van der Waals surface area contributed by atoms with Crippen molar-refractivity contribution >= 4 is 45.1 Å². The number of benzene rings is 1. The number of fused-ring (bicyclic) bond motifs is 1. The number of ether oxygens (including phenoxy) is 1. The summed E-state index contributed by atoms with van der Waals surface area (Å²) in [6.07, 6.45) is -3.35. The van der Waals surface area contributed by atoms with Gasteiger partial charge in [0.15, 0.2) is 5.75 Å². The molecule has 0 saturated heterocycles. The fourth-order valence-corrected chi connectivity index (χ4v) is 1.98. The normalized spacial score (nSPS) is 11.8. The van der Waals surface area contributed by atoms with Crippen LogP contribution in [0, 0.1) is 3.57 Å². The van der Waals surface area contributed by atoms with E-state index in [0.29, 0.717) is 14.0 Å². The second-order valence-corrected chi connectivity index (χ2v) is 4.66. The highest BCUT2D eigenvalue weighted by Gasteiger charge is 2.32. The summed E-state index contributed by atoms with van der Waals surface area (Å²) >= 11 is 7.94. The van der Waals surface area contributed by atoms with Gasteiger partial charge in [0, 0.05) is 11.6 Å². The van der Waals surface area contributed by atoms with Gasteiger partial charge < -0.3 is 4.74 Å². The Bertz CT molecular complexity index is 573. The van der Waals surface area contributed by atoms with Crippen molar-refractivity contribution < 1.29 is 17.9 Å². The van der Waals surface area contributed by atoms with Crippen LogP contribution in [0.15, 0.2) is 24.4 Å². The van der Waals surface area contributed by atoms with Crippen molar-refractivity contribution in [3.05, 3.63) is 33.0 Å². The highest BCUT2D eigenvalue weighted by molar-refractivity contribution is 14.1. The number of nitrogens with zero attached hydrogens (tertiary/aromatic N) is 1. The van der Waals surface area contributed by atoms with Crippen LogP contribution in [0.2, 0.25) is 5.02 Å². The summed E-state index contributed by atoms with van der Waals surface area (Å²) in [6, 6.07) is 4.23. The van der Waals surface area contributed by atoms with E-state index in [1.807, 2.05) is 22.6 Å². The van der Waals surface area contributed by atoms with Crippen LogP contribution in [0.3, 0.4) is 0 Å². The van der Waals surface area contributed by atoms with Crippen LogP contribution in [0.1, 0.15) is 0 Å². The van der Waals surface area contributed by atoms with Crippen LogP contribution in [0.5, 0.6) is 5.75 Å². The minimum Gasteiger partial charge on any atom is -0.403 e. The number of rotatable bonds is 1. The maximum atomic E-state index is 12.2. The van der Waals surface area contributed by atoms with E-state index in [4.69, 9.17) is 11.6 Å². The quantitative estimate of drug-likeness (QED) is 0.692. The molecular formula is C10H4ClF3INO. The minimum absolute atomic E-state index is 0.0928. The lowest BCUT2D eigenvalue weighted by Crippen LogP contribution is -2.17. The largest absolute Gasteiger partial charge is 0.573 e. The molecule has 1 aromatic heterocycles. The number of alkyl halides is 3. The summed E-state index contributed by atoms with van der Waals surface area (Å²) in [5, 5.41) is 0.795. The highest BCUT2D eigenvalue weighted by atomic mass is 127. The Hall–Kier alpha value is -0.760. The molecule has 2 nitrogen and oxygen atoms in total. The molecule has 1 heterocycles. The number of pyridine rings is 1. The van der Waals surface area contributed by atoms with Crippen molar-refractivity contribution in [1.82, 2.24) is 4.98 Å². The average Bonchev–Trinajstić information content (AvgIpc) is 2.22. The SMILES string of the molecule is FC(F)(F)Oc1cccc2c(Cl)c(I)cnc12. The standard InChI is InChI=1S/C10H4ClF3INO/c11-8-5-2-1-3-7(17-10(12,13)14)9(5)16-4-6(8)15/h1-4H. The van der Waals surface area contributed by atoms with Gasteiger partial charge in [0.05, 0.1) is 8.59 Å². The molecule has 0 aliphatic carbocycles. The Morgan fingerprint density at radius 2 is 2.00 bits per heavy atom. The Morgan fingerprint density at radius 3 is 2.65 bits per heavy atom. The molecule has 1 aromatic carbocycles. The second kappa shape index (κ2) is 4.49. The van der Waals surface area contributed by atoms with E-state index in [0.717, 1.165) is 0 Å². The van der Waals surface area contributed by atoms with Gasteiger partial charge in [0.2, 0.25) is 0 Å². The zero-order valence-electron chi connectivity index (χ0n) is 8.05. The predicted molar refractivity (Wildman–Crippen MR) is 66.2 cm³/mol. The van der Waals surface area contributed by atoms with Gasteiger partial charge in [-0.3, -0.25) is 4.98 Å². The Labute approximate surface area is 113 Å². The first kappa shape index (κ1) is 12.7. The van der Waals surface area contributed by atoms with Gasteiger partial charge >= 0.3 is 6.36 Å². The molecule has 0 atom stereocenters. The maximum absolute atomic E-state index is 12.2. The first-order chi connectivity index (χ1) is 7.88. The molecule has 0 fully saturated rings. The molecule has 0 bridgehead atoms. The summed E-state index contributed by atoms with van der Waals surface area (Å²) in [6.45, 7) is 0. The first-order valence-corrected chi connectivity index (χ1v) is 5.82. The van der Waals surface area contributed by atoms with E-state index in [-0.39, 0.29) is 11.3 Å². The van der Waals surface area contributed by atoms with Gasteiger partial charge in [-0.1, -0.05) is 23.7 Å². The van der Waals surface area contributed by atoms with E-state index in [1.165, 1.54) is 18.3 Å². The van der Waals surface area contributed by atoms with E-state index in [2.05, 4.69) is 9.72 Å². The molecule has 0 amide bonds. The Balaban J connectivity index is 2.63. The molecule has 0 N–H and O–H groups in total. The van der Waals surface area contributed by atoms with Gasteiger partial charge in [0.25, 0.3) is 0 Å². The zero-order chi connectivity index (χ0) is 12.6. The van der Waals surface area contributed by atoms with E-state index in [1.54, 1.807) is 6.07 Å². The molecule has 0 aliphatic rings. The van der Waals surface area contributed by atoms with Crippen LogP contribution in [-0.4, -0.2) is 11.3 Å². The third-order valence-electron chi connectivity index (χ3n) is 1.98. The maximum Gasteiger partial charge on any atom is 0.573 e. The minimum atomic E-state index is -4.74. The first-order valence-electron chi connectivity index (χ1n) is 4.37. The van der Waals surface area contributed by atoms with Crippen LogP contribution in [-0.2, 0) is 0 Å². The summed E-state index contributed by atoms with van der Waals surface area (Å²) < 4.78 is 41.0. The second-order valence-electron chi connectivity index (χ2n) is 3.12. The average molecular weight is 373 g/mol. The predicted octanol–water partition coefficient (Wildman–Crippen LogP) is 4.39. The number of hydrogen-bond acceptors (Lipinski definition) is 2. The van der Waals surface area contributed by atoms with Crippen molar-refractivity contribution in [1.29, 1.82) is 0 Å². The number of aromatic nitrogens is 1. The van der Waals surface area contributed by atoms with E-state index >= 15 is 0 Å². The lowest BCUT2D eigenvalue weighted by Gasteiger charge is -2.11. The van der Waals surface area contributed by atoms with Crippen molar-refractivity contribution in [2.45, 2.75) is 6.36 Å². The highest BCUT2D eigenvalue weighted by Crippen LogP contribution is 2.34. The molecular weight excluding hydrogens is 369 g/mol. The molecule has 90 valence electrons. The van der Waals surface area contributed by atoms with E-state index < -0.39 is 6.36 Å². The smallest absolute Gasteiger partial charge is 0.403 e. The summed E-state index contributed by atoms with van der Waals surface area (Å²) in [5.74, 6) is -0.353. The monoisotopic (exact) mass is 373 g/mol. The molecule has 0 radical (unpaired) electrons. The van der Waals surface area contributed by atoms with Gasteiger partial charge in [-0.2, -0.15) is 0 Å². The van der Waals surface area contributed by atoms with E-state index in [9.17, 15) is 13.2 Å². The fourth-order valence-electron chi connectivity index (χ4n) is 1.35. The number of hydrogen-bond donors (Lipinski definition) is 0. The molecule has 7 heteroatoms. The van der Waals surface area contributed by atoms with Crippen LogP contribution >= 0.6 is 34.2 Å². The zero-order valence-corrected chi connectivity index (χ0v) is 11.0. The van der Waals surface area contributed by atoms with Crippen LogP contribution < -0.4 is 4.74 Å². The van der Waals surface area contributed by atoms with Crippen molar-refractivity contribution in [3.63, 3.8) is 0 Å². The van der Waals surface area contributed by atoms with Crippen LogP contribution in [0.4, 0.5) is 13.2 Å². The van der Waals surface area contributed by atoms with Gasteiger partial charge in [-0.15, -0.1) is 13.2 Å². The van der Waals surface area contributed by atoms with Gasteiger partial charge in [-0.05, 0) is 28.7 Å². The van der Waals surface area contributed by atoms with Gasteiger partial charge in [0.1, 0.15) is 5.52 Å². The molecule has 17 heavy (non-hydrogen) atoms. The molecule has 2 aromatic rings. The molecule has 0 aliphatic heterocycles.